The highest BCUT2D eigenvalue weighted by atomic mass is 35.5. The third-order valence-electron chi connectivity index (χ3n) is 3.68. The minimum Gasteiger partial charge on any atom is -0.237 e. The first-order valence-electron chi connectivity index (χ1n) is 6.98. The van der Waals surface area contributed by atoms with Gasteiger partial charge >= 0.3 is 0 Å². The predicted octanol–water partition coefficient (Wildman–Crippen LogP) is 5.59. The summed E-state index contributed by atoms with van der Waals surface area (Å²) in [7, 11) is 0. The van der Waals surface area contributed by atoms with Crippen LogP contribution < -0.4 is 0 Å². The lowest BCUT2D eigenvalue weighted by Gasteiger charge is -2.12. The van der Waals surface area contributed by atoms with Crippen LogP contribution in [0.2, 0.25) is 5.02 Å². The zero-order chi connectivity index (χ0) is 13.7. The first-order chi connectivity index (χ1) is 9.20. The summed E-state index contributed by atoms with van der Waals surface area (Å²) in [5.74, 6) is 0.548. The van der Waals surface area contributed by atoms with E-state index in [9.17, 15) is 5.11 Å². The second-order valence-corrected chi connectivity index (χ2v) is 5.64. The van der Waals surface area contributed by atoms with Crippen molar-refractivity contribution in [2.75, 3.05) is 6.61 Å². The number of unbranched alkanes of at least 4 members (excludes halogenated alkanes) is 2. The van der Waals surface area contributed by atoms with Gasteiger partial charge in [-0.25, -0.2) is 5.11 Å². The van der Waals surface area contributed by atoms with E-state index >= 15 is 0 Å². The van der Waals surface area contributed by atoms with Crippen molar-refractivity contribution in [3.05, 3.63) is 47.0 Å². The van der Waals surface area contributed by atoms with Gasteiger partial charge in [-0.15, -0.1) is 0 Å². The minimum absolute atomic E-state index is 0.0606. The summed E-state index contributed by atoms with van der Waals surface area (Å²) in [6.07, 6.45) is 4.15. The number of benzene rings is 2. The van der Waals surface area contributed by atoms with Gasteiger partial charge in [0.2, 0.25) is 0 Å². The van der Waals surface area contributed by atoms with E-state index in [1.807, 2.05) is 12.1 Å². The largest absolute Gasteiger partial charge is 0.237 e. The van der Waals surface area contributed by atoms with E-state index in [1.54, 1.807) is 0 Å². The van der Waals surface area contributed by atoms with Gasteiger partial charge in [0.1, 0.15) is 0 Å². The molecule has 1 radical (unpaired) electrons. The fourth-order valence-corrected chi connectivity index (χ4v) is 2.62. The molecule has 2 aromatic rings. The van der Waals surface area contributed by atoms with Crippen LogP contribution in [0.5, 0.6) is 0 Å². The van der Waals surface area contributed by atoms with Gasteiger partial charge in [-0.2, -0.15) is 0 Å². The summed E-state index contributed by atoms with van der Waals surface area (Å²) < 4.78 is 0. The molecule has 1 nitrogen and oxygen atoms in total. The molecular formula is C17H20ClO. The van der Waals surface area contributed by atoms with E-state index in [0.717, 1.165) is 30.7 Å². The van der Waals surface area contributed by atoms with Crippen molar-refractivity contribution in [1.29, 1.82) is 0 Å². The summed E-state index contributed by atoms with van der Waals surface area (Å²) in [6, 6.07) is 12.6. The zero-order valence-corrected chi connectivity index (χ0v) is 12.1. The molecule has 0 amide bonds. The Balaban J connectivity index is 2.05. The molecule has 1 unspecified atom stereocenters. The van der Waals surface area contributed by atoms with Gasteiger partial charge in [0, 0.05) is 5.02 Å². The Hall–Kier alpha value is -1.05. The van der Waals surface area contributed by atoms with Gasteiger partial charge in [-0.3, -0.25) is 0 Å². The van der Waals surface area contributed by atoms with Crippen molar-refractivity contribution in [2.45, 2.75) is 38.5 Å². The predicted molar refractivity (Wildman–Crippen MR) is 81.4 cm³/mol. The van der Waals surface area contributed by atoms with Gasteiger partial charge in [0.15, 0.2) is 0 Å². The van der Waals surface area contributed by atoms with Crippen LogP contribution >= 0.6 is 11.6 Å². The molecule has 0 aliphatic carbocycles. The molecule has 2 aromatic carbocycles. The lowest BCUT2D eigenvalue weighted by atomic mass is 9.93. The molecule has 0 aliphatic rings. The zero-order valence-electron chi connectivity index (χ0n) is 11.4. The van der Waals surface area contributed by atoms with Crippen LogP contribution in [0.25, 0.3) is 10.8 Å². The number of halogens is 1. The fraction of sp³-hybridized carbons (Fsp3) is 0.412. The fourth-order valence-electron chi connectivity index (χ4n) is 2.44. The first kappa shape index (κ1) is 14.4. The average Bonchev–Trinajstić information content (AvgIpc) is 2.42. The lowest BCUT2D eigenvalue weighted by molar-refractivity contribution is 0.185. The second kappa shape index (κ2) is 6.93. The van der Waals surface area contributed by atoms with Crippen molar-refractivity contribution >= 4 is 22.4 Å². The van der Waals surface area contributed by atoms with Gasteiger partial charge in [-0.1, -0.05) is 55.6 Å². The van der Waals surface area contributed by atoms with Crippen molar-refractivity contribution in [3.8, 4) is 0 Å². The van der Waals surface area contributed by atoms with E-state index < -0.39 is 0 Å². The monoisotopic (exact) mass is 275 g/mol. The molecular weight excluding hydrogens is 256 g/mol. The van der Waals surface area contributed by atoms with Crippen LogP contribution in [-0.4, -0.2) is 6.61 Å². The standard InChI is InChI=1S/C17H20ClO/c1-13(5-3-2-4-10-19)14-6-7-16-12-17(18)9-8-15(16)11-14/h6-9,11-13H,2-5,10H2,1H3. The molecule has 0 saturated carbocycles. The molecule has 0 spiro atoms. The molecule has 0 aliphatic heterocycles. The molecule has 19 heavy (non-hydrogen) atoms. The third kappa shape index (κ3) is 3.95. The second-order valence-electron chi connectivity index (χ2n) is 5.21. The Morgan fingerprint density at radius 1 is 1.00 bits per heavy atom. The molecule has 0 N–H and O–H groups in total. The average molecular weight is 276 g/mol. The SMILES string of the molecule is CC(CCCCC[O])c1ccc2cc(Cl)ccc2c1. The van der Waals surface area contributed by atoms with Crippen LogP contribution in [0, 0.1) is 0 Å². The number of fused-ring (bicyclic) bond motifs is 1. The lowest BCUT2D eigenvalue weighted by Crippen LogP contribution is -1.94. The molecule has 2 rings (SSSR count). The first-order valence-corrected chi connectivity index (χ1v) is 7.36. The van der Waals surface area contributed by atoms with Gasteiger partial charge < -0.3 is 0 Å². The van der Waals surface area contributed by atoms with Gasteiger partial charge in [0.25, 0.3) is 0 Å². The van der Waals surface area contributed by atoms with Crippen LogP contribution in [0.1, 0.15) is 44.1 Å². The van der Waals surface area contributed by atoms with E-state index in [0.29, 0.717) is 5.92 Å². The highest BCUT2D eigenvalue weighted by Gasteiger charge is 2.06. The molecule has 0 fully saturated rings. The number of hydrogen-bond acceptors (Lipinski definition) is 0. The van der Waals surface area contributed by atoms with E-state index in [1.165, 1.54) is 16.3 Å². The summed E-state index contributed by atoms with van der Waals surface area (Å²) in [5.41, 5.74) is 1.37. The number of rotatable bonds is 6. The van der Waals surface area contributed by atoms with E-state index in [-0.39, 0.29) is 6.61 Å². The van der Waals surface area contributed by atoms with Crippen LogP contribution in [0.3, 0.4) is 0 Å². The van der Waals surface area contributed by atoms with Crippen molar-refractivity contribution in [1.82, 2.24) is 0 Å². The highest BCUT2D eigenvalue weighted by Crippen LogP contribution is 2.27. The van der Waals surface area contributed by atoms with Crippen LogP contribution in [-0.2, 0) is 5.11 Å². The maximum absolute atomic E-state index is 10.4. The maximum Gasteiger partial charge on any atom is 0.0822 e. The Morgan fingerprint density at radius 3 is 2.53 bits per heavy atom. The molecule has 2 heteroatoms. The van der Waals surface area contributed by atoms with Crippen LogP contribution in [0.15, 0.2) is 36.4 Å². The molecule has 101 valence electrons. The molecule has 0 saturated heterocycles. The summed E-state index contributed by atoms with van der Waals surface area (Å²) in [5, 5.41) is 13.6. The summed E-state index contributed by atoms with van der Waals surface area (Å²) in [4.78, 5) is 0. The minimum atomic E-state index is 0.0606. The molecule has 1 atom stereocenters. The summed E-state index contributed by atoms with van der Waals surface area (Å²) in [6.45, 7) is 2.32. The molecule has 0 heterocycles. The van der Waals surface area contributed by atoms with Crippen LogP contribution in [0.4, 0.5) is 0 Å². The van der Waals surface area contributed by atoms with Gasteiger partial charge in [0.05, 0.1) is 6.61 Å². The Morgan fingerprint density at radius 2 is 1.74 bits per heavy atom. The Kier molecular flexibility index (Phi) is 5.24. The van der Waals surface area contributed by atoms with Crippen molar-refractivity contribution in [3.63, 3.8) is 0 Å². The molecule has 0 aromatic heterocycles. The Labute approximate surface area is 120 Å². The molecule has 0 bridgehead atoms. The normalized spacial score (nSPS) is 12.8. The van der Waals surface area contributed by atoms with Crippen molar-refractivity contribution < 1.29 is 5.11 Å². The smallest absolute Gasteiger partial charge is 0.0822 e. The van der Waals surface area contributed by atoms with E-state index in [2.05, 4.69) is 31.2 Å². The topological polar surface area (TPSA) is 19.9 Å². The summed E-state index contributed by atoms with van der Waals surface area (Å²) >= 11 is 5.99. The quantitative estimate of drug-likeness (QED) is 0.613. The maximum atomic E-state index is 10.4. The van der Waals surface area contributed by atoms with E-state index in [4.69, 9.17) is 11.6 Å². The van der Waals surface area contributed by atoms with Crippen molar-refractivity contribution in [2.24, 2.45) is 0 Å². The Bertz CT molecular complexity index is 536. The third-order valence-corrected chi connectivity index (χ3v) is 3.91. The highest BCUT2D eigenvalue weighted by molar-refractivity contribution is 6.31. The van der Waals surface area contributed by atoms with Gasteiger partial charge in [-0.05, 0) is 47.2 Å². The number of hydrogen-bond donors (Lipinski definition) is 0.